The van der Waals surface area contributed by atoms with Crippen LogP contribution in [0.25, 0.3) is 10.2 Å². The van der Waals surface area contributed by atoms with Crippen LogP contribution in [0.2, 0.25) is 4.47 Å². The maximum atomic E-state index is 10.6. The van der Waals surface area contributed by atoms with E-state index in [1.54, 1.807) is 12.1 Å². The highest BCUT2D eigenvalue weighted by molar-refractivity contribution is 7.22. The van der Waals surface area contributed by atoms with Crippen molar-refractivity contribution in [2.75, 3.05) is 0 Å². The zero-order valence-electron chi connectivity index (χ0n) is 6.73. The minimum Gasteiger partial charge on any atom is -0.478 e. The number of fused-ring (bicyclic) bond motifs is 1. The lowest BCUT2D eigenvalue weighted by atomic mass is 10.2. The average Bonchev–Trinajstić information content (AvgIpc) is 2.42. The van der Waals surface area contributed by atoms with Crippen LogP contribution >= 0.6 is 35.3 Å². The SMILES string of the molecule is Cl.O=C(O)c1ccc2nc(Cl)sc2c1. The molecular formula is C8H5Cl2NO2S. The van der Waals surface area contributed by atoms with E-state index < -0.39 is 5.97 Å². The molecule has 0 amide bonds. The third kappa shape index (κ3) is 1.97. The first-order valence-electron chi connectivity index (χ1n) is 3.46. The van der Waals surface area contributed by atoms with Gasteiger partial charge in [0.25, 0.3) is 0 Å². The second kappa shape index (κ2) is 4.13. The van der Waals surface area contributed by atoms with Gasteiger partial charge in [-0.15, -0.1) is 23.7 Å². The Balaban J connectivity index is 0.000000980. The molecule has 0 aliphatic carbocycles. The van der Waals surface area contributed by atoms with Gasteiger partial charge >= 0.3 is 5.97 Å². The van der Waals surface area contributed by atoms with Crippen molar-refractivity contribution in [3.8, 4) is 0 Å². The standard InChI is InChI=1S/C8H4ClNO2S.ClH/c9-8-10-5-2-1-4(7(11)12)3-6(5)13-8;/h1-3H,(H,11,12);1H. The van der Waals surface area contributed by atoms with Gasteiger partial charge in [0.05, 0.1) is 15.8 Å². The van der Waals surface area contributed by atoms with Gasteiger partial charge < -0.3 is 5.11 Å². The second-order valence-corrected chi connectivity index (χ2v) is 4.07. The Kier molecular flexibility index (Phi) is 3.31. The summed E-state index contributed by atoms with van der Waals surface area (Å²) in [5.74, 6) is -0.938. The predicted octanol–water partition coefficient (Wildman–Crippen LogP) is 3.07. The Labute approximate surface area is 94.8 Å². The van der Waals surface area contributed by atoms with Crippen LogP contribution in [0.3, 0.4) is 0 Å². The smallest absolute Gasteiger partial charge is 0.335 e. The number of carbonyl (C=O) groups is 1. The Hall–Kier alpha value is -0.840. The summed E-state index contributed by atoms with van der Waals surface area (Å²) in [4.78, 5) is 14.6. The Morgan fingerprint density at radius 1 is 1.50 bits per heavy atom. The van der Waals surface area contributed by atoms with Crippen molar-refractivity contribution in [1.82, 2.24) is 4.98 Å². The molecule has 0 unspecified atom stereocenters. The fraction of sp³-hybridized carbons (Fsp3) is 0. The molecule has 1 aromatic heterocycles. The molecule has 0 spiro atoms. The summed E-state index contributed by atoms with van der Waals surface area (Å²) < 4.78 is 1.22. The van der Waals surface area contributed by atoms with Crippen LogP contribution < -0.4 is 0 Å². The fourth-order valence-electron chi connectivity index (χ4n) is 1.03. The molecule has 0 bridgehead atoms. The summed E-state index contributed by atoms with van der Waals surface area (Å²) in [6.07, 6.45) is 0. The summed E-state index contributed by atoms with van der Waals surface area (Å²) in [6.45, 7) is 0. The summed E-state index contributed by atoms with van der Waals surface area (Å²) in [5.41, 5.74) is 0.993. The van der Waals surface area contributed by atoms with E-state index in [4.69, 9.17) is 16.7 Å². The molecule has 6 heteroatoms. The molecule has 0 saturated carbocycles. The maximum Gasteiger partial charge on any atom is 0.335 e. The highest BCUT2D eigenvalue weighted by Gasteiger charge is 2.06. The summed E-state index contributed by atoms with van der Waals surface area (Å²) in [6, 6.07) is 4.74. The number of benzene rings is 1. The fourth-order valence-corrected chi connectivity index (χ4v) is 2.10. The summed E-state index contributed by atoms with van der Waals surface area (Å²) >= 11 is 6.95. The van der Waals surface area contributed by atoms with Crippen molar-refractivity contribution in [3.63, 3.8) is 0 Å². The lowest BCUT2D eigenvalue weighted by molar-refractivity contribution is 0.0697. The third-order valence-corrected chi connectivity index (χ3v) is 2.73. The largest absolute Gasteiger partial charge is 0.478 e. The molecule has 1 N–H and O–H groups in total. The number of aromatic nitrogens is 1. The van der Waals surface area contributed by atoms with Crippen LogP contribution in [0.1, 0.15) is 10.4 Å². The molecule has 1 heterocycles. The molecule has 14 heavy (non-hydrogen) atoms. The number of hydrogen-bond acceptors (Lipinski definition) is 3. The zero-order chi connectivity index (χ0) is 9.42. The maximum absolute atomic E-state index is 10.6. The Morgan fingerprint density at radius 3 is 2.86 bits per heavy atom. The average molecular weight is 250 g/mol. The van der Waals surface area contributed by atoms with Gasteiger partial charge in [0.15, 0.2) is 4.47 Å². The second-order valence-electron chi connectivity index (χ2n) is 2.45. The first-order chi connectivity index (χ1) is 6.16. The topological polar surface area (TPSA) is 50.2 Å². The third-order valence-electron chi connectivity index (χ3n) is 1.61. The molecule has 2 aromatic rings. The van der Waals surface area contributed by atoms with Crippen molar-refractivity contribution in [2.24, 2.45) is 0 Å². The minimum absolute atomic E-state index is 0. The molecule has 3 nitrogen and oxygen atoms in total. The summed E-state index contributed by atoms with van der Waals surface area (Å²) in [5, 5.41) is 8.70. The van der Waals surface area contributed by atoms with Crippen LogP contribution in [-0.2, 0) is 0 Å². The number of nitrogens with zero attached hydrogens (tertiary/aromatic N) is 1. The van der Waals surface area contributed by atoms with Crippen LogP contribution in [0.5, 0.6) is 0 Å². The van der Waals surface area contributed by atoms with E-state index >= 15 is 0 Å². The van der Waals surface area contributed by atoms with Gasteiger partial charge in [0, 0.05) is 0 Å². The van der Waals surface area contributed by atoms with Crippen LogP contribution in [0.4, 0.5) is 0 Å². The van der Waals surface area contributed by atoms with Crippen LogP contribution in [0.15, 0.2) is 18.2 Å². The van der Waals surface area contributed by atoms with Crippen LogP contribution in [-0.4, -0.2) is 16.1 Å². The Bertz CT molecular complexity index is 483. The number of halogens is 2. The number of carboxylic acid groups (broad SMARTS) is 1. The van der Waals surface area contributed by atoms with E-state index in [2.05, 4.69) is 4.98 Å². The van der Waals surface area contributed by atoms with Gasteiger partial charge in [-0.3, -0.25) is 0 Å². The molecule has 0 fully saturated rings. The molecular weight excluding hydrogens is 245 g/mol. The van der Waals surface area contributed by atoms with Gasteiger partial charge in [0.1, 0.15) is 0 Å². The minimum atomic E-state index is -0.938. The van der Waals surface area contributed by atoms with Gasteiger partial charge in [0.2, 0.25) is 0 Å². The lowest BCUT2D eigenvalue weighted by Gasteiger charge is -1.91. The molecule has 74 valence electrons. The number of carboxylic acids is 1. The monoisotopic (exact) mass is 249 g/mol. The van der Waals surface area contributed by atoms with E-state index in [9.17, 15) is 4.79 Å². The zero-order valence-corrected chi connectivity index (χ0v) is 9.12. The molecule has 0 radical (unpaired) electrons. The number of thiazole rings is 1. The van der Waals surface area contributed by atoms with Gasteiger partial charge in [-0.1, -0.05) is 11.6 Å². The van der Waals surface area contributed by atoms with Crippen molar-refractivity contribution in [3.05, 3.63) is 28.2 Å². The van der Waals surface area contributed by atoms with Crippen molar-refractivity contribution < 1.29 is 9.90 Å². The van der Waals surface area contributed by atoms with E-state index in [1.165, 1.54) is 17.4 Å². The predicted molar refractivity (Wildman–Crippen MR) is 58.8 cm³/mol. The van der Waals surface area contributed by atoms with Crippen molar-refractivity contribution >= 4 is 51.5 Å². The normalized spacial score (nSPS) is 9.79. The number of hydrogen-bond donors (Lipinski definition) is 1. The highest BCUT2D eigenvalue weighted by atomic mass is 35.5. The highest BCUT2D eigenvalue weighted by Crippen LogP contribution is 2.26. The molecule has 0 aliphatic rings. The molecule has 1 aromatic carbocycles. The molecule has 0 aliphatic heterocycles. The van der Waals surface area contributed by atoms with Gasteiger partial charge in [-0.25, -0.2) is 9.78 Å². The van der Waals surface area contributed by atoms with Crippen LogP contribution in [0, 0.1) is 0 Å². The number of aromatic carboxylic acids is 1. The lowest BCUT2D eigenvalue weighted by Crippen LogP contribution is -1.94. The van der Waals surface area contributed by atoms with Gasteiger partial charge in [-0.2, -0.15) is 0 Å². The van der Waals surface area contributed by atoms with Crippen molar-refractivity contribution in [2.45, 2.75) is 0 Å². The van der Waals surface area contributed by atoms with E-state index in [0.29, 0.717) is 4.47 Å². The molecule has 0 atom stereocenters. The first-order valence-corrected chi connectivity index (χ1v) is 4.65. The molecule has 0 saturated heterocycles. The van der Waals surface area contributed by atoms with E-state index in [1.807, 2.05) is 0 Å². The van der Waals surface area contributed by atoms with E-state index in [-0.39, 0.29) is 18.0 Å². The summed E-state index contributed by atoms with van der Waals surface area (Å²) in [7, 11) is 0. The Morgan fingerprint density at radius 2 is 2.21 bits per heavy atom. The first kappa shape index (κ1) is 11.2. The van der Waals surface area contributed by atoms with Crippen molar-refractivity contribution in [1.29, 1.82) is 0 Å². The van der Waals surface area contributed by atoms with Gasteiger partial charge in [-0.05, 0) is 18.2 Å². The number of rotatable bonds is 1. The molecule has 2 rings (SSSR count). The van der Waals surface area contributed by atoms with E-state index in [0.717, 1.165) is 10.2 Å². The quantitative estimate of drug-likeness (QED) is 0.846.